The van der Waals surface area contributed by atoms with Gasteiger partial charge in [0.2, 0.25) is 0 Å². The van der Waals surface area contributed by atoms with Gasteiger partial charge in [-0.1, -0.05) is 52.7 Å². The fourth-order valence-electron chi connectivity index (χ4n) is 1.95. The van der Waals surface area contributed by atoms with Gasteiger partial charge in [0.1, 0.15) is 0 Å². The van der Waals surface area contributed by atoms with Crippen molar-refractivity contribution < 1.29 is 0 Å². The van der Waals surface area contributed by atoms with Crippen molar-refractivity contribution in [2.45, 2.75) is 19.4 Å². The Morgan fingerprint density at radius 1 is 1.16 bits per heavy atom. The summed E-state index contributed by atoms with van der Waals surface area (Å²) in [7, 11) is 0. The van der Waals surface area contributed by atoms with Crippen molar-refractivity contribution in [3.8, 4) is 0 Å². The second-order valence-corrected chi connectivity index (χ2v) is 6.38. The molecule has 0 spiro atoms. The maximum absolute atomic E-state index is 6.12. The summed E-state index contributed by atoms with van der Waals surface area (Å²) in [6.45, 7) is 2.16. The van der Waals surface area contributed by atoms with Crippen LogP contribution in [0.2, 0.25) is 5.02 Å². The van der Waals surface area contributed by atoms with Crippen molar-refractivity contribution in [3.05, 3.63) is 62.0 Å². The van der Waals surface area contributed by atoms with Gasteiger partial charge in [0.15, 0.2) is 0 Å². The van der Waals surface area contributed by atoms with Crippen LogP contribution in [0.5, 0.6) is 0 Å². The summed E-state index contributed by atoms with van der Waals surface area (Å²) < 4.78 is 2.00. The largest absolute Gasteiger partial charge is 0.377 e. The Morgan fingerprint density at radius 3 is 2.58 bits per heavy atom. The van der Waals surface area contributed by atoms with E-state index in [9.17, 15) is 0 Å². The first-order chi connectivity index (χ1) is 9.11. The second kappa shape index (κ2) is 6.78. The van der Waals surface area contributed by atoms with Crippen molar-refractivity contribution in [2.75, 3.05) is 5.32 Å². The molecule has 1 atom stereocenters. The summed E-state index contributed by atoms with van der Waals surface area (Å²) in [6.07, 6.45) is 0.995. The minimum atomic E-state index is 0.257. The number of hydrogen-bond acceptors (Lipinski definition) is 1. The van der Waals surface area contributed by atoms with E-state index in [-0.39, 0.29) is 6.04 Å². The molecular formula is C15H14Br2ClN. The van der Waals surface area contributed by atoms with Gasteiger partial charge in [-0.3, -0.25) is 0 Å². The maximum atomic E-state index is 6.12. The third kappa shape index (κ3) is 3.74. The van der Waals surface area contributed by atoms with Crippen LogP contribution in [0, 0.1) is 0 Å². The Labute approximate surface area is 135 Å². The smallest absolute Gasteiger partial charge is 0.0593 e. The van der Waals surface area contributed by atoms with E-state index in [2.05, 4.69) is 62.3 Å². The molecule has 100 valence electrons. The minimum absolute atomic E-state index is 0.257. The molecule has 0 amide bonds. The van der Waals surface area contributed by atoms with Crippen LogP contribution in [0.1, 0.15) is 24.9 Å². The molecule has 0 aliphatic carbocycles. The van der Waals surface area contributed by atoms with E-state index in [0.717, 1.165) is 21.1 Å². The number of rotatable bonds is 4. The van der Waals surface area contributed by atoms with Crippen LogP contribution >= 0.6 is 43.5 Å². The summed E-state index contributed by atoms with van der Waals surface area (Å²) >= 11 is 13.2. The van der Waals surface area contributed by atoms with Crippen molar-refractivity contribution in [1.82, 2.24) is 0 Å². The molecule has 4 heteroatoms. The highest BCUT2D eigenvalue weighted by Crippen LogP contribution is 2.33. The maximum Gasteiger partial charge on any atom is 0.0593 e. The number of nitrogens with one attached hydrogen (secondary N) is 1. The first-order valence-electron chi connectivity index (χ1n) is 6.08. The van der Waals surface area contributed by atoms with E-state index in [0.29, 0.717) is 5.02 Å². The molecule has 2 aromatic carbocycles. The molecule has 2 rings (SSSR count). The standard InChI is InChI=1S/C15H14Br2ClN/c1-2-13(10-5-3-6-11(16)9-10)19-14-8-4-7-12(18)15(14)17/h3-9,13,19H,2H2,1H3. The predicted octanol–water partition coefficient (Wildman–Crippen LogP) is 6.43. The average Bonchev–Trinajstić information content (AvgIpc) is 2.40. The molecule has 0 saturated carbocycles. The monoisotopic (exact) mass is 401 g/mol. The summed E-state index contributed by atoms with van der Waals surface area (Å²) in [5, 5.41) is 4.25. The molecule has 0 aromatic heterocycles. The molecule has 0 radical (unpaired) electrons. The van der Waals surface area contributed by atoms with E-state index >= 15 is 0 Å². The fourth-order valence-corrected chi connectivity index (χ4v) is 2.92. The summed E-state index contributed by atoms with van der Waals surface area (Å²) in [5.74, 6) is 0. The van der Waals surface area contributed by atoms with Gasteiger partial charge in [0.05, 0.1) is 21.2 Å². The lowest BCUT2D eigenvalue weighted by Gasteiger charge is -2.20. The average molecular weight is 404 g/mol. The zero-order chi connectivity index (χ0) is 13.8. The number of benzene rings is 2. The van der Waals surface area contributed by atoms with Crippen molar-refractivity contribution >= 4 is 49.1 Å². The van der Waals surface area contributed by atoms with Gasteiger partial charge in [-0.15, -0.1) is 0 Å². The van der Waals surface area contributed by atoms with E-state index in [1.54, 1.807) is 0 Å². The number of halogens is 3. The first kappa shape index (κ1) is 14.9. The van der Waals surface area contributed by atoms with Gasteiger partial charge in [-0.2, -0.15) is 0 Å². The molecule has 0 heterocycles. The van der Waals surface area contributed by atoms with Crippen molar-refractivity contribution in [1.29, 1.82) is 0 Å². The quantitative estimate of drug-likeness (QED) is 0.620. The van der Waals surface area contributed by atoms with Gasteiger partial charge in [-0.05, 0) is 52.2 Å². The summed E-state index contributed by atoms with van der Waals surface area (Å²) in [5.41, 5.74) is 2.27. The zero-order valence-electron chi connectivity index (χ0n) is 10.5. The van der Waals surface area contributed by atoms with Crippen LogP contribution in [0.25, 0.3) is 0 Å². The second-order valence-electron chi connectivity index (χ2n) is 4.26. The lowest BCUT2D eigenvalue weighted by molar-refractivity contribution is 0.748. The Kier molecular flexibility index (Phi) is 5.31. The fraction of sp³-hybridized carbons (Fsp3) is 0.200. The van der Waals surface area contributed by atoms with Gasteiger partial charge < -0.3 is 5.32 Å². The van der Waals surface area contributed by atoms with E-state index < -0.39 is 0 Å². The molecule has 19 heavy (non-hydrogen) atoms. The van der Waals surface area contributed by atoms with Crippen LogP contribution in [0.15, 0.2) is 51.4 Å². The third-order valence-corrected chi connectivity index (χ3v) is 4.83. The lowest BCUT2D eigenvalue weighted by Crippen LogP contribution is -2.10. The van der Waals surface area contributed by atoms with Crippen LogP contribution in [-0.4, -0.2) is 0 Å². The molecule has 1 nitrogen and oxygen atoms in total. The van der Waals surface area contributed by atoms with Crippen LogP contribution in [-0.2, 0) is 0 Å². The van der Waals surface area contributed by atoms with Gasteiger partial charge in [0.25, 0.3) is 0 Å². The van der Waals surface area contributed by atoms with E-state index in [1.807, 2.05) is 24.3 Å². The summed E-state index contributed by atoms with van der Waals surface area (Å²) in [4.78, 5) is 0. The first-order valence-corrected chi connectivity index (χ1v) is 8.04. The zero-order valence-corrected chi connectivity index (χ0v) is 14.4. The normalized spacial score (nSPS) is 12.2. The lowest BCUT2D eigenvalue weighted by atomic mass is 10.0. The molecule has 1 N–H and O–H groups in total. The van der Waals surface area contributed by atoms with Gasteiger partial charge in [-0.25, -0.2) is 0 Å². The Bertz CT molecular complexity index is 572. The van der Waals surface area contributed by atoms with Crippen molar-refractivity contribution in [2.24, 2.45) is 0 Å². The highest BCUT2D eigenvalue weighted by atomic mass is 79.9. The predicted molar refractivity (Wildman–Crippen MR) is 89.9 cm³/mol. The molecule has 0 bridgehead atoms. The van der Waals surface area contributed by atoms with E-state index in [4.69, 9.17) is 11.6 Å². The third-order valence-electron chi connectivity index (χ3n) is 2.94. The van der Waals surface area contributed by atoms with Crippen LogP contribution in [0.3, 0.4) is 0 Å². The highest BCUT2D eigenvalue weighted by Gasteiger charge is 2.12. The molecule has 1 unspecified atom stereocenters. The molecule has 0 aliphatic rings. The Hall–Kier alpha value is -0.510. The Morgan fingerprint density at radius 2 is 1.89 bits per heavy atom. The minimum Gasteiger partial charge on any atom is -0.377 e. The molecule has 2 aromatic rings. The number of anilines is 1. The number of hydrogen-bond donors (Lipinski definition) is 1. The topological polar surface area (TPSA) is 12.0 Å². The SMILES string of the molecule is CCC(Nc1cccc(Cl)c1Br)c1cccc(Br)c1. The Balaban J connectivity index is 2.26. The van der Waals surface area contributed by atoms with E-state index in [1.165, 1.54) is 5.56 Å². The summed E-state index contributed by atoms with van der Waals surface area (Å²) in [6, 6.07) is 14.5. The molecular weight excluding hydrogens is 389 g/mol. The molecule has 0 fully saturated rings. The van der Waals surface area contributed by atoms with Crippen LogP contribution < -0.4 is 5.32 Å². The highest BCUT2D eigenvalue weighted by molar-refractivity contribution is 9.11. The van der Waals surface area contributed by atoms with Crippen LogP contribution in [0.4, 0.5) is 5.69 Å². The molecule has 0 aliphatic heterocycles. The van der Waals surface area contributed by atoms with Gasteiger partial charge >= 0.3 is 0 Å². The van der Waals surface area contributed by atoms with Gasteiger partial charge in [0, 0.05) is 4.47 Å². The molecule has 0 saturated heterocycles. The van der Waals surface area contributed by atoms with Crippen molar-refractivity contribution in [3.63, 3.8) is 0 Å².